The minimum atomic E-state index is 0.706. The quantitative estimate of drug-likeness (QED) is 0.729. The van der Waals surface area contributed by atoms with Crippen molar-refractivity contribution in [1.29, 1.82) is 0 Å². The standard InChI is InChI=1S/C21H22N5O/c1-2-4-18(5-3-1)19-16-20(23-11-8-17-6-9-22-10-7-17)25-21(24-19)26-12-14-27-15-13-26/h1-2,4-7,9-10,16H,8,11-15H2,(H,23,24,25). The Kier molecular flexibility index (Phi) is 5.55. The maximum atomic E-state index is 5.46. The van der Waals surface area contributed by atoms with Crippen LogP contribution < -0.4 is 10.2 Å². The molecule has 4 rings (SSSR count). The minimum Gasteiger partial charge on any atom is -0.378 e. The zero-order chi connectivity index (χ0) is 18.3. The van der Waals surface area contributed by atoms with Gasteiger partial charge in [-0.1, -0.05) is 18.2 Å². The Bertz CT molecular complexity index is 851. The first kappa shape index (κ1) is 17.4. The predicted molar refractivity (Wildman–Crippen MR) is 106 cm³/mol. The Hall–Kier alpha value is -2.99. The van der Waals surface area contributed by atoms with Gasteiger partial charge in [-0.2, -0.15) is 4.98 Å². The minimum absolute atomic E-state index is 0.706. The predicted octanol–water partition coefficient (Wildman–Crippen LogP) is 2.83. The van der Waals surface area contributed by atoms with Gasteiger partial charge in [-0.05, 0) is 36.2 Å². The smallest absolute Gasteiger partial charge is 0.228 e. The maximum Gasteiger partial charge on any atom is 0.228 e. The van der Waals surface area contributed by atoms with Gasteiger partial charge >= 0.3 is 0 Å². The number of benzene rings is 1. The number of anilines is 2. The number of nitrogens with one attached hydrogen (secondary N) is 1. The highest BCUT2D eigenvalue weighted by Crippen LogP contribution is 2.23. The first-order chi connectivity index (χ1) is 13.4. The summed E-state index contributed by atoms with van der Waals surface area (Å²) in [6.45, 7) is 3.82. The van der Waals surface area contributed by atoms with E-state index in [9.17, 15) is 0 Å². The van der Waals surface area contributed by atoms with Crippen LogP contribution in [0, 0.1) is 6.07 Å². The van der Waals surface area contributed by atoms with Crippen molar-refractivity contribution in [1.82, 2.24) is 15.0 Å². The number of aromatic nitrogens is 3. The summed E-state index contributed by atoms with van der Waals surface area (Å²) in [6, 6.07) is 17.0. The third-order valence-corrected chi connectivity index (χ3v) is 4.48. The van der Waals surface area contributed by atoms with Gasteiger partial charge in [0.25, 0.3) is 0 Å². The van der Waals surface area contributed by atoms with E-state index in [1.54, 1.807) is 0 Å². The second kappa shape index (κ2) is 8.60. The Labute approximate surface area is 159 Å². The van der Waals surface area contributed by atoms with Gasteiger partial charge in [-0.15, -0.1) is 0 Å². The average molecular weight is 360 g/mol. The fourth-order valence-electron chi connectivity index (χ4n) is 3.01. The number of morpholine rings is 1. The molecule has 3 aromatic rings. The number of nitrogens with zero attached hydrogens (tertiary/aromatic N) is 4. The summed E-state index contributed by atoms with van der Waals surface area (Å²) in [5.74, 6) is 1.57. The lowest BCUT2D eigenvalue weighted by Gasteiger charge is -2.27. The highest BCUT2D eigenvalue weighted by molar-refractivity contribution is 5.64. The van der Waals surface area contributed by atoms with Gasteiger partial charge in [0.2, 0.25) is 5.95 Å². The summed E-state index contributed by atoms with van der Waals surface area (Å²) in [7, 11) is 0. The molecule has 6 nitrogen and oxygen atoms in total. The fraction of sp³-hybridized carbons (Fsp3) is 0.286. The van der Waals surface area contributed by atoms with Crippen LogP contribution in [0.1, 0.15) is 5.56 Å². The van der Waals surface area contributed by atoms with Crippen molar-refractivity contribution in [2.24, 2.45) is 0 Å². The summed E-state index contributed by atoms with van der Waals surface area (Å²) < 4.78 is 5.46. The molecule has 27 heavy (non-hydrogen) atoms. The Morgan fingerprint density at radius 2 is 1.96 bits per heavy atom. The van der Waals surface area contributed by atoms with Gasteiger partial charge in [0.15, 0.2) is 0 Å². The summed E-state index contributed by atoms with van der Waals surface area (Å²) in [4.78, 5) is 15.8. The van der Waals surface area contributed by atoms with E-state index in [0.29, 0.717) is 13.2 Å². The topological polar surface area (TPSA) is 63.2 Å². The molecule has 1 N–H and O–H groups in total. The van der Waals surface area contributed by atoms with E-state index in [2.05, 4.69) is 21.3 Å². The number of rotatable bonds is 6. The van der Waals surface area contributed by atoms with Gasteiger partial charge < -0.3 is 15.0 Å². The highest BCUT2D eigenvalue weighted by Gasteiger charge is 2.16. The van der Waals surface area contributed by atoms with Crippen molar-refractivity contribution in [2.75, 3.05) is 43.1 Å². The first-order valence-corrected chi connectivity index (χ1v) is 9.19. The zero-order valence-corrected chi connectivity index (χ0v) is 15.1. The molecule has 1 aliphatic heterocycles. The third-order valence-electron chi connectivity index (χ3n) is 4.48. The molecule has 0 spiro atoms. The van der Waals surface area contributed by atoms with Crippen LogP contribution in [0.15, 0.2) is 54.9 Å². The molecule has 0 unspecified atom stereocenters. The van der Waals surface area contributed by atoms with E-state index >= 15 is 0 Å². The van der Waals surface area contributed by atoms with Crippen molar-refractivity contribution in [2.45, 2.75) is 6.42 Å². The molecule has 1 aromatic carbocycles. The van der Waals surface area contributed by atoms with Crippen LogP contribution in [-0.2, 0) is 11.2 Å². The van der Waals surface area contributed by atoms with Crippen molar-refractivity contribution >= 4 is 11.8 Å². The van der Waals surface area contributed by atoms with Crippen LogP contribution in [0.5, 0.6) is 0 Å². The molecular formula is C21H22N5O. The van der Waals surface area contributed by atoms with E-state index in [-0.39, 0.29) is 0 Å². The van der Waals surface area contributed by atoms with Gasteiger partial charge in [-0.25, -0.2) is 4.98 Å². The van der Waals surface area contributed by atoms with Gasteiger partial charge in [0.1, 0.15) is 5.82 Å². The van der Waals surface area contributed by atoms with E-state index in [1.165, 1.54) is 5.56 Å². The molecule has 6 heteroatoms. The van der Waals surface area contributed by atoms with E-state index in [0.717, 1.165) is 49.1 Å². The second-order valence-corrected chi connectivity index (χ2v) is 6.36. The third kappa shape index (κ3) is 4.60. The molecule has 137 valence electrons. The average Bonchev–Trinajstić information content (AvgIpc) is 2.76. The molecule has 0 saturated carbocycles. The molecule has 2 aromatic heterocycles. The number of hydrogen-bond acceptors (Lipinski definition) is 6. The first-order valence-electron chi connectivity index (χ1n) is 9.19. The fourth-order valence-corrected chi connectivity index (χ4v) is 3.01. The Balaban J connectivity index is 1.55. The second-order valence-electron chi connectivity index (χ2n) is 6.36. The highest BCUT2D eigenvalue weighted by atomic mass is 16.5. The van der Waals surface area contributed by atoms with Crippen molar-refractivity contribution in [3.8, 4) is 11.3 Å². The lowest BCUT2D eigenvalue weighted by molar-refractivity contribution is 0.122. The summed E-state index contributed by atoms with van der Waals surface area (Å²) in [6.07, 6.45) is 4.55. The van der Waals surface area contributed by atoms with Crippen LogP contribution in [0.3, 0.4) is 0 Å². The molecule has 0 amide bonds. The number of ether oxygens (including phenoxy) is 1. The molecule has 0 atom stereocenters. The van der Waals surface area contributed by atoms with Crippen molar-refractivity contribution < 1.29 is 4.74 Å². The van der Waals surface area contributed by atoms with Gasteiger partial charge in [-0.3, -0.25) is 4.98 Å². The lowest BCUT2D eigenvalue weighted by Crippen LogP contribution is -2.37. The summed E-state index contributed by atoms with van der Waals surface area (Å²) in [5.41, 5.74) is 3.18. The van der Waals surface area contributed by atoms with Crippen molar-refractivity contribution in [3.63, 3.8) is 0 Å². The van der Waals surface area contributed by atoms with E-state index in [1.807, 2.05) is 54.9 Å². The molecule has 0 aliphatic carbocycles. The molecule has 1 radical (unpaired) electrons. The molecule has 1 fully saturated rings. The van der Waals surface area contributed by atoms with Crippen LogP contribution in [-0.4, -0.2) is 47.8 Å². The number of hydrogen-bond donors (Lipinski definition) is 1. The Morgan fingerprint density at radius 3 is 2.74 bits per heavy atom. The van der Waals surface area contributed by atoms with Gasteiger partial charge in [0.05, 0.1) is 18.9 Å². The Morgan fingerprint density at radius 1 is 1.11 bits per heavy atom. The maximum absolute atomic E-state index is 5.46. The zero-order valence-electron chi connectivity index (χ0n) is 15.1. The van der Waals surface area contributed by atoms with Gasteiger partial charge in [0, 0.05) is 43.7 Å². The lowest BCUT2D eigenvalue weighted by atomic mass is 10.1. The van der Waals surface area contributed by atoms with Crippen LogP contribution in [0.4, 0.5) is 11.8 Å². The normalized spacial score (nSPS) is 14.1. The monoisotopic (exact) mass is 360 g/mol. The molecule has 0 bridgehead atoms. The van der Waals surface area contributed by atoms with E-state index in [4.69, 9.17) is 14.7 Å². The molecular weight excluding hydrogens is 338 g/mol. The van der Waals surface area contributed by atoms with E-state index < -0.39 is 0 Å². The van der Waals surface area contributed by atoms with Crippen LogP contribution in [0.25, 0.3) is 11.3 Å². The number of pyridine rings is 1. The molecule has 3 heterocycles. The van der Waals surface area contributed by atoms with Crippen molar-refractivity contribution in [3.05, 3.63) is 66.5 Å². The van der Waals surface area contributed by atoms with Crippen LogP contribution >= 0.6 is 0 Å². The SMILES string of the molecule is [c]1cccc(-c2cc(NCCc3ccncc3)nc(N3CCOCC3)n2)c1. The molecule has 1 saturated heterocycles. The largest absolute Gasteiger partial charge is 0.378 e. The summed E-state index contributed by atoms with van der Waals surface area (Å²) in [5, 5.41) is 3.44. The summed E-state index contributed by atoms with van der Waals surface area (Å²) >= 11 is 0. The molecule has 1 aliphatic rings. The van der Waals surface area contributed by atoms with Crippen LogP contribution in [0.2, 0.25) is 0 Å².